The van der Waals surface area contributed by atoms with Crippen molar-refractivity contribution >= 4 is 22.8 Å². The molecule has 1 saturated heterocycles. The Morgan fingerprint density at radius 1 is 1.20 bits per heavy atom. The summed E-state index contributed by atoms with van der Waals surface area (Å²) in [6, 6.07) is 14.9. The highest BCUT2D eigenvalue weighted by Crippen LogP contribution is 2.38. The van der Waals surface area contributed by atoms with Crippen LogP contribution in [-0.2, 0) is 12.8 Å². The van der Waals surface area contributed by atoms with E-state index >= 15 is 0 Å². The van der Waals surface area contributed by atoms with Gasteiger partial charge in [-0.1, -0.05) is 30.3 Å². The first-order valence-corrected chi connectivity index (χ1v) is 10.9. The molecule has 2 aliphatic heterocycles. The van der Waals surface area contributed by atoms with E-state index in [1.807, 2.05) is 19.1 Å². The van der Waals surface area contributed by atoms with Gasteiger partial charge in [-0.2, -0.15) is 0 Å². The quantitative estimate of drug-likeness (QED) is 0.680. The van der Waals surface area contributed by atoms with E-state index in [0.29, 0.717) is 6.04 Å². The predicted octanol–water partition coefficient (Wildman–Crippen LogP) is 4.37. The van der Waals surface area contributed by atoms with Crippen molar-refractivity contribution in [2.24, 2.45) is 0 Å². The summed E-state index contributed by atoms with van der Waals surface area (Å²) in [6.07, 6.45) is 3.87. The molecule has 6 heteroatoms. The molecule has 2 N–H and O–H groups in total. The van der Waals surface area contributed by atoms with E-state index in [-0.39, 0.29) is 6.04 Å². The van der Waals surface area contributed by atoms with Gasteiger partial charge >= 0.3 is 6.09 Å². The third-order valence-electron chi connectivity index (χ3n) is 6.57. The molecule has 0 spiro atoms. The van der Waals surface area contributed by atoms with Gasteiger partial charge in [-0.3, -0.25) is 4.90 Å². The van der Waals surface area contributed by atoms with Gasteiger partial charge in [0.05, 0.1) is 16.7 Å². The van der Waals surface area contributed by atoms with Crippen LogP contribution >= 0.6 is 0 Å². The van der Waals surface area contributed by atoms with Gasteiger partial charge in [0, 0.05) is 30.6 Å². The Hall–Kier alpha value is -2.86. The van der Waals surface area contributed by atoms with Crippen molar-refractivity contribution in [2.45, 2.75) is 51.1 Å². The van der Waals surface area contributed by atoms with Crippen LogP contribution in [0.15, 0.2) is 42.5 Å². The molecule has 30 heavy (non-hydrogen) atoms. The molecule has 0 aliphatic carbocycles. The lowest BCUT2D eigenvalue weighted by atomic mass is 9.95. The Balaban J connectivity index is 1.67. The molecule has 0 saturated carbocycles. The third kappa shape index (κ3) is 3.25. The highest BCUT2D eigenvalue weighted by atomic mass is 16.4. The molecule has 3 heterocycles. The SMILES string of the molecule is C[C@H]1CCc2c(ccc3c2nc(Cc2ccccc2)n3[C@@H]2CCCNC2)N1C(=O)O. The Morgan fingerprint density at radius 3 is 2.77 bits per heavy atom. The maximum atomic E-state index is 11.9. The standard InChI is InChI=1S/C24H28N4O2/c1-16-9-10-19-20(27(16)24(29)30)11-12-21-23(19)26-22(14-17-6-3-2-4-7-17)28(21)18-8-5-13-25-15-18/h2-4,6-7,11-12,16,18,25H,5,8-10,13-15H2,1H3,(H,29,30)/t16-,18+/m0/s1. The van der Waals surface area contributed by atoms with Gasteiger partial charge in [-0.05, 0) is 56.8 Å². The minimum atomic E-state index is -0.886. The smallest absolute Gasteiger partial charge is 0.412 e. The van der Waals surface area contributed by atoms with Crippen molar-refractivity contribution in [1.29, 1.82) is 0 Å². The number of carbonyl (C=O) groups is 1. The average molecular weight is 405 g/mol. The Bertz CT molecular complexity index is 1070. The summed E-state index contributed by atoms with van der Waals surface area (Å²) >= 11 is 0. The number of aryl methyl sites for hydroxylation is 1. The fourth-order valence-corrected chi connectivity index (χ4v) is 5.10. The van der Waals surface area contributed by atoms with Gasteiger partial charge in [0.15, 0.2) is 0 Å². The van der Waals surface area contributed by atoms with E-state index in [0.717, 1.165) is 73.3 Å². The maximum Gasteiger partial charge on any atom is 0.412 e. The first-order chi connectivity index (χ1) is 14.6. The molecule has 156 valence electrons. The Labute approximate surface area is 176 Å². The van der Waals surface area contributed by atoms with Crippen molar-refractivity contribution in [1.82, 2.24) is 14.9 Å². The second kappa shape index (κ2) is 7.76. The van der Waals surface area contributed by atoms with Crippen molar-refractivity contribution in [3.8, 4) is 0 Å². The number of aromatic nitrogens is 2. The zero-order valence-corrected chi connectivity index (χ0v) is 17.3. The minimum Gasteiger partial charge on any atom is -0.465 e. The van der Waals surface area contributed by atoms with Gasteiger partial charge < -0.3 is 15.0 Å². The van der Waals surface area contributed by atoms with Gasteiger partial charge in [-0.25, -0.2) is 9.78 Å². The van der Waals surface area contributed by atoms with E-state index in [1.54, 1.807) is 0 Å². The Morgan fingerprint density at radius 2 is 2.03 bits per heavy atom. The summed E-state index contributed by atoms with van der Waals surface area (Å²) in [5.41, 5.74) is 5.22. The molecule has 3 aromatic rings. The zero-order valence-electron chi connectivity index (χ0n) is 17.3. The van der Waals surface area contributed by atoms with Gasteiger partial charge in [0.25, 0.3) is 0 Å². The second-order valence-electron chi connectivity index (χ2n) is 8.53. The number of fused-ring (bicyclic) bond motifs is 3. The number of benzene rings is 2. The van der Waals surface area contributed by atoms with Gasteiger partial charge in [0.1, 0.15) is 5.82 Å². The van der Waals surface area contributed by atoms with Crippen LogP contribution in [0.5, 0.6) is 0 Å². The van der Waals surface area contributed by atoms with Gasteiger partial charge in [0.2, 0.25) is 0 Å². The van der Waals surface area contributed by atoms with Crippen LogP contribution in [0.3, 0.4) is 0 Å². The minimum absolute atomic E-state index is 0.0131. The summed E-state index contributed by atoms with van der Waals surface area (Å²) in [6.45, 7) is 4.00. The average Bonchev–Trinajstić information content (AvgIpc) is 3.12. The third-order valence-corrected chi connectivity index (χ3v) is 6.57. The summed E-state index contributed by atoms with van der Waals surface area (Å²) in [5.74, 6) is 1.07. The van der Waals surface area contributed by atoms with E-state index in [1.165, 1.54) is 10.5 Å². The molecular weight excluding hydrogens is 376 g/mol. The fourth-order valence-electron chi connectivity index (χ4n) is 5.10. The van der Waals surface area contributed by atoms with Crippen LogP contribution in [0.25, 0.3) is 11.0 Å². The lowest BCUT2D eigenvalue weighted by Gasteiger charge is -2.33. The number of rotatable bonds is 3. The molecule has 6 nitrogen and oxygen atoms in total. The molecule has 1 aromatic heterocycles. The number of hydrogen-bond acceptors (Lipinski definition) is 3. The van der Waals surface area contributed by atoms with Crippen LogP contribution in [-0.4, -0.2) is 39.9 Å². The number of carboxylic acid groups (broad SMARTS) is 1. The van der Waals surface area contributed by atoms with Crippen LogP contribution in [0.4, 0.5) is 10.5 Å². The predicted molar refractivity (Wildman–Crippen MR) is 118 cm³/mol. The molecule has 2 aliphatic rings. The van der Waals surface area contributed by atoms with E-state index < -0.39 is 6.09 Å². The second-order valence-corrected chi connectivity index (χ2v) is 8.53. The highest BCUT2D eigenvalue weighted by molar-refractivity contribution is 5.94. The lowest BCUT2D eigenvalue weighted by Crippen LogP contribution is -2.41. The van der Waals surface area contributed by atoms with E-state index in [2.05, 4.69) is 40.2 Å². The first-order valence-electron chi connectivity index (χ1n) is 10.9. The highest BCUT2D eigenvalue weighted by Gasteiger charge is 2.31. The van der Waals surface area contributed by atoms with Crippen molar-refractivity contribution in [3.63, 3.8) is 0 Å². The van der Waals surface area contributed by atoms with Crippen molar-refractivity contribution in [2.75, 3.05) is 18.0 Å². The summed E-state index contributed by atoms with van der Waals surface area (Å²) in [5, 5.41) is 13.3. The number of piperidine rings is 1. The lowest BCUT2D eigenvalue weighted by molar-refractivity contribution is 0.198. The number of hydrogen-bond donors (Lipinski definition) is 2. The summed E-state index contributed by atoms with van der Waals surface area (Å²) in [7, 11) is 0. The molecule has 2 atom stereocenters. The largest absolute Gasteiger partial charge is 0.465 e. The molecule has 5 rings (SSSR count). The van der Waals surface area contributed by atoms with Crippen LogP contribution in [0.1, 0.15) is 49.2 Å². The summed E-state index contributed by atoms with van der Waals surface area (Å²) in [4.78, 5) is 18.6. The number of nitrogens with zero attached hydrogens (tertiary/aromatic N) is 3. The monoisotopic (exact) mass is 404 g/mol. The molecule has 1 amide bonds. The van der Waals surface area contributed by atoms with E-state index in [4.69, 9.17) is 4.98 Å². The molecule has 0 bridgehead atoms. The molecule has 0 radical (unpaired) electrons. The van der Waals surface area contributed by atoms with Gasteiger partial charge in [-0.15, -0.1) is 0 Å². The number of anilines is 1. The number of nitrogens with one attached hydrogen (secondary N) is 1. The molecular formula is C24H28N4O2. The number of imidazole rings is 1. The molecule has 2 aromatic carbocycles. The number of amides is 1. The van der Waals surface area contributed by atoms with Crippen LogP contribution in [0, 0.1) is 0 Å². The summed E-state index contributed by atoms with van der Waals surface area (Å²) < 4.78 is 2.41. The maximum absolute atomic E-state index is 11.9. The van der Waals surface area contributed by atoms with Crippen molar-refractivity contribution in [3.05, 3.63) is 59.4 Å². The zero-order chi connectivity index (χ0) is 20.7. The van der Waals surface area contributed by atoms with Crippen molar-refractivity contribution < 1.29 is 9.90 Å². The van der Waals surface area contributed by atoms with E-state index in [9.17, 15) is 9.90 Å². The fraction of sp³-hybridized carbons (Fsp3) is 0.417. The Kier molecular flexibility index (Phi) is 4.95. The molecule has 1 fully saturated rings. The van der Waals surface area contributed by atoms with Crippen LogP contribution in [0.2, 0.25) is 0 Å². The first kappa shape index (κ1) is 19.1. The van der Waals surface area contributed by atoms with Crippen LogP contribution < -0.4 is 10.2 Å². The molecule has 0 unspecified atom stereocenters. The normalized spacial score (nSPS) is 21.6. The topological polar surface area (TPSA) is 70.4 Å².